The minimum atomic E-state index is -4.62. The number of anilines is 4. The number of aromatic nitrogens is 2. The van der Waals surface area contributed by atoms with Crippen LogP contribution in [0.3, 0.4) is 0 Å². The molecule has 3 N–H and O–H groups in total. The van der Waals surface area contributed by atoms with E-state index in [-0.39, 0.29) is 11.8 Å². The number of nitrogens with zero attached hydrogens (tertiary/aromatic N) is 3. The number of hydrogen-bond donors (Lipinski definition) is 2. The molecule has 0 amide bonds. The molecule has 8 heteroatoms. The molecule has 3 rings (SSSR count). The van der Waals surface area contributed by atoms with Crippen molar-refractivity contribution in [1.29, 1.82) is 0 Å². The minimum Gasteiger partial charge on any atom is -0.308 e. The number of para-hydroxylation sites is 2. The second kappa shape index (κ2) is 6.78. The van der Waals surface area contributed by atoms with E-state index in [0.717, 1.165) is 6.07 Å². The van der Waals surface area contributed by atoms with Crippen LogP contribution in [0.4, 0.5) is 36.3 Å². The van der Waals surface area contributed by atoms with Gasteiger partial charge in [0.05, 0.1) is 0 Å². The Balaban J connectivity index is 2.20. The second-order valence-corrected chi connectivity index (χ2v) is 5.09. The summed E-state index contributed by atoms with van der Waals surface area (Å²) in [6, 6.07) is 18.5. The second-order valence-electron chi connectivity index (χ2n) is 5.09. The van der Waals surface area contributed by atoms with Crippen LogP contribution in [0.1, 0.15) is 5.69 Å². The van der Waals surface area contributed by atoms with Gasteiger partial charge in [0.15, 0.2) is 5.69 Å². The fourth-order valence-corrected chi connectivity index (χ4v) is 2.29. The number of hydrazine groups is 1. The molecule has 0 aliphatic carbocycles. The summed E-state index contributed by atoms with van der Waals surface area (Å²) in [7, 11) is 0. The zero-order chi connectivity index (χ0) is 17.9. The van der Waals surface area contributed by atoms with E-state index in [0.29, 0.717) is 11.4 Å². The van der Waals surface area contributed by atoms with Crippen molar-refractivity contribution in [2.45, 2.75) is 6.18 Å². The normalized spacial score (nSPS) is 11.2. The Kier molecular flexibility index (Phi) is 4.53. The molecule has 1 aromatic heterocycles. The van der Waals surface area contributed by atoms with Crippen LogP contribution in [0.15, 0.2) is 66.7 Å². The van der Waals surface area contributed by atoms with Gasteiger partial charge in [0.2, 0.25) is 5.95 Å². The molecule has 0 saturated carbocycles. The third kappa shape index (κ3) is 3.69. The maximum Gasteiger partial charge on any atom is 0.433 e. The maximum atomic E-state index is 13.2. The summed E-state index contributed by atoms with van der Waals surface area (Å²) in [5, 5.41) is 0. The third-order valence-corrected chi connectivity index (χ3v) is 3.38. The van der Waals surface area contributed by atoms with E-state index in [2.05, 4.69) is 15.4 Å². The molecule has 128 valence electrons. The van der Waals surface area contributed by atoms with Gasteiger partial charge in [-0.3, -0.25) is 4.90 Å². The fraction of sp³-hybridized carbons (Fsp3) is 0.0588. The van der Waals surface area contributed by atoms with Crippen LogP contribution in [0.2, 0.25) is 0 Å². The molecule has 0 unspecified atom stereocenters. The standard InChI is InChI=1S/C17H14F3N5/c18-17(19,20)14-11-15(24-21)23-16(22-14)25(12-7-3-1-4-8-12)13-9-5-2-6-10-13/h1-11H,21H2,(H,22,23,24). The first kappa shape index (κ1) is 16.7. The van der Waals surface area contributed by atoms with Crippen LogP contribution < -0.4 is 16.2 Å². The molecule has 5 nitrogen and oxygen atoms in total. The monoisotopic (exact) mass is 345 g/mol. The molecule has 2 aromatic carbocycles. The lowest BCUT2D eigenvalue weighted by Crippen LogP contribution is -2.19. The van der Waals surface area contributed by atoms with Gasteiger partial charge >= 0.3 is 6.18 Å². The van der Waals surface area contributed by atoms with Crippen molar-refractivity contribution in [2.75, 3.05) is 10.3 Å². The average Bonchev–Trinajstić information content (AvgIpc) is 2.63. The molecular weight excluding hydrogens is 331 g/mol. The van der Waals surface area contributed by atoms with Crippen LogP contribution in [0.5, 0.6) is 0 Å². The Hall–Kier alpha value is -3.13. The number of nitrogens with two attached hydrogens (primary N) is 1. The van der Waals surface area contributed by atoms with Crippen LogP contribution >= 0.6 is 0 Å². The first-order chi connectivity index (χ1) is 12.0. The van der Waals surface area contributed by atoms with Crippen molar-refractivity contribution in [2.24, 2.45) is 5.84 Å². The maximum absolute atomic E-state index is 13.2. The highest BCUT2D eigenvalue weighted by Gasteiger charge is 2.34. The van der Waals surface area contributed by atoms with Crippen LogP contribution in [0, 0.1) is 0 Å². The average molecular weight is 345 g/mol. The Labute approximate surface area is 141 Å². The molecule has 0 fully saturated rings. The molecular formula is C17H14F3N5. The molecule has 0 aliphatic heterocycles. The number of alkyl halides is 3. The number of nitrogens with one attached hydrogen (secondary N) is 1. The van der Waals surface area contributed by atoms with E-state index in [4.69, 9.17) is 5.84 Å². The van der Waals surface area contributed by atoms with Crippen molar-refractivity contribution in [3.8, 4) is 0 Å². The van der Waals surface area contributed by atoms with Gasteiger partial charge in [0, 0.05) is 17.4 Å². The van der Waals surface area contributed by atoms with E-state index < -0.39 is 11.9 Å². The van der Waals surface area contributed by atoms with Gasteiger partial charge in [-0.05, 0) is 24.3 Å². The molecule has 0 spiro atoms. The van der Waals surface area contributed by atoms with Gasteiger partial charge in [0.1, 0.15) is 5.82 Å². The molecule has 1 heterocycles. The quantitative estimate of drug-likeness (QED) is 0.546. The van der Waals surface area contributed by atoms with E-state index in [1.807, 2.05) is 12.1 Å². The molecule has 3 aromatic rings. The summed E-state index contributed by atoms with van der Waals surface area (Å²) in [6.45, 7) is 0. The Morgan fingerprint density at radius 3 is 1.80 bits per heavy atom. The first-order valence-corrected chi connectivity index (χ1v) is 7.32. The number of halogens is 3. The number of nitrogen functional groups attached to an aromatic ring is 1. The van der Waals surface area contributed by atoms with E-state index in [1.165, 1.54) is 4.90 Å². The lowest BCUT2D eigenvalue weighted by molar-refractivity contribution is -0.141. The summed E-state index contributed by atoms with van der Waals surface area (Å²) >= 11 is 0. The van der Waals surface area contributed by atoms with Crippen molar-refractivity contribution in [3.05, 3.63) is 72.4 Å². The van der Waals surface area contributed by atoms with E-state index >= 15 is 0 Å². The lowest BCUT2D eigenvalue weighted by Gasteiger charge is -2.24. The summed E-state index contributed by atoms with van der Waals surface area (Å²) < 4.78 is 39.5. The predicted molar refractivity (Wildman–Crippen MR) is 89.5 cm³/mol. The highest BCUT2D eigenvalue weighted by molar-refractivity contribution is 5.73. The van der Waals surface area contributed by atoms with Crippen molar-refractivity contribution < 1.29 is 13.2 Å². The number of rotatable bonds is 4. The fourth-order valence-electron chi connectivity index (χ4n) is 2.29. The van der Waals surface area contributed by atoms with Gasteiger partial charge in [-0.2, -0.15) is 18.2 Å². The Morgan fingerprint density at radius 1 is 0.840 bits per heavy atom. The zero-order valence-corrected chi connectivity index (χ0v) is 12.9. The van der Waals surface area contributed by atoms with Gasteiger partial charge in [-0.1, -0.05) is 36.4 Å². The molecule has 0 aliphatic rings. The van der Waals surface area contributed by atoms with Crippen molar-refractivity contribution >= 4 is 23.1 Å². The topological polar surface area (TPSA) is 67.1 Å². The molecule has 0 saturated heterocycles. The summed E-state index contributed by atoms with van der Waals surface area (Å²) in [4.78, 5) is 9.32. The number of hydrogen-bond acceptors (Lipinski definition) is 5. The van der Waals surface area contributed by atoms with Gasteiger partial charge in [-0.15, -0.1) is 0 Å². The van der Waals surface area contributed by atoms with Gasteiger partial charge < -0.3 is 5.43 Å². The lowest BCUT2D eigenvalue weighted by atomic mass is 10.2. The van der Waals surface area contributed by atoms with Crippen LogP contribution in [-0.2, 0) is 6.18 Å². The van der Waals surface area contributed by atoms with Gasteiger partial charge in [0.25, 0.3) is 0 Å². The highest BCUT2D eigenvalue weighted by atomic mass is 19.4. The Bertz CT molecular complexity index is 798. The largest absolute Gasteiger partial charge is 0.433 e. The predicted octanol–water partition coefficient (Wildman–Crippen LogP) is 4.25. The summed E-state index contributed by atoms with van der Waals surface area (Å²) in [5.74, 6) is 5.01. The van der Waals surface area contributed by atoms with Crippen LogP contribution in [0.25, 0.3) is 0 Å². The zero-order valence-electron chi connectivity index (χ0n) is 12.9. The summed E-state index contributed by atoms with van der Waals surface area (Å²) in [6.07, 6.45) is -4.62. The first-order valence-electron chi connectivity index (χ1n) is 7.32. The Morgan fingerprint density at radius 2 is 1.36 bits per heavy atom. The molecule has 0 radical (unpaired) electrons. The van der Waals surface area contributed by atoms with E-state index in [9.17, 15) is 13.2 Å². The van der Waals surface area contributed by atoms with Crippen molar-refractivity contribution in [3.63, 3.8) is 0 Å². The molecule has 25 heavy (non-hydrogen) atoms. The summed E-state index contributed by atoms with van der Waals surface area (Å²) in [5.41, 5.74) is 2.32. The third-order valence-electron chi connectivity index (χ3n) is 3.38. The molecule has 0 bridgehead atoms. The number of benzene rings is 2. The smallest absolute Gasteiger partial charge is 0.308 e. The SMILES string of the molecule is NNc1cc(C(F)(F)F)nc(N(c2ccccc2)c2ccccc2)n1. The molecule has 0 atom stereocenters. The van der Waals surface area contributed by atoms with Gasteiger partial charge in [-0.25, -0.2) is 10.8 Å². The van der Waals surface area contributed by atoms with Crippen LogP contribution in [-0.4, -0.2) is 9.97 Å². The highest BCUT2D eigenvalue weighted by Crippen LogP contribution is 2.35. The van der Waals surface area contributed by atoms with E-state index in [1.54, 1.807) is 48.5 Å². The van der Waals surface area contributed by atoms with Crippen molar-refractivity contribution in [1.82, 2.24) is 9.97 Å². The minimum absolute atomic E-state index is 0.130.